The molecule has 0 aliphatic heterocycles. The lowest BCUT2D eigenvalue weighted by molar-refractivity contribution is -0.137. The van der Waals surface area contributed by atoms with Crippen molar-refractivity contribution < 1.29 is 23.9 Å². The van der Waals surface area contributed by atoms with E-state index in [1.807, 2.05) is 27.7 Å². The van der Waals surface area contributed by atoms with Crippen LogP contribution in [-0.2, 0) is 23.9 Å². The zero-order valence-corrected chi connectivity index (χ0v) is 18.3. The number of rotatable bonds is 3. The Labute approximate surface area is 176 Å². The summed E-state index contributed by atoms with van der Waals surface area (Å²) < 4.78 is 5.16. The quantitative estimate of drug-likeness (QED) is 0.464. The molecule has 0 radical (unpaired) electrons. The lowest BCUT2D eigenvalue weighted by atomic mass is 9.66. The Morgan fingerprint density at radius 2 is 1.13 bits per heavy atom. The second-order valence-electron chi connectivity index (χ2n) is 10.1. The van der Waals surface area contributed by atoms with Crippen molar-refractivity contribution in [1.29, 1.82) is 5.41 Å². The number of ketones is 4. The molecule has 160 valence electrons. The van der Waals surface area contributed by atoms with Gasteiger partial charge in [0.2, 0.25) is 5.90 Å². The Morgan fingerprint density at radius 1 is 0.800 bits per heavy atom. The lowest BCUT2D eigenvalue weighted by Gasteiger charge is -2.35. The minimum absolute atomic E-state index is 0.207. The Bertz CT molecular complexity index is 850. The predicted octanol–water partition coefficient (Wildman–Crippen LogP) is 3.74. The molecule has 2 aliphatic carbocycles. The van der Waals surface area contributed by atoms with Crippen molar-refractivity contribution in [3.05, 3.63) is 34.9 Å². The molecule has 30 heavy (non-hydrogen) atoms. The van der Waals surface area contributed by atoms with Crippen LogP contribution in [0.4, 0.5) is 0 Å². The molecule has 3 rings (SSSR count). The first-order chi connectivity index (χ1) is 13.9. The number of benzene rings is 1. The Kier molecular flexibility index (Phi) is 5.56. The zero-order chi connectivity index (χ0) is 22.4. The van der Waals surface area contributed by atoms with Crippen LogP contribution in [0.3, 0.4) is 0 Å². The predicted molar refractivity (Wildman–Crippen MR) is 112 cm³/mol. The van der Waals surface area contributed by atoms with Crippen molar-refractivity contribution in [2.75, 3.05) is 7.11 Å². The van der Waals surface area contributed by atoms with E-state index in [1.165, 1.54) is 7.11 Å². The summed E-state index contributed by atoms with van der Waals surface area (Å²) in [6.07, 6.45) is 1.01. The van der Waals surface area contributed by atoms with E-state index in [1.54, 1.807) is 18.2 Å². The van der Waals surface area contributed by atoms with Gasteiger partial charge in [0.15, 0.2) is 0 Å². The maximum atomic E-state index is 12.9. The highest BCUT2D eigenvalue weighted by Gasteiger charge is 2.45. The average Bonchev–Trinajstić information content (AvgIpc) is 2.57. The fourth-order valence-corrected chi connectivity index (χ4v) is 4.91. The number of hydrogen-bond acceptors (Lipinski definition) is 6. The van der Waals surface area contributed by atoms with Gasteiger partial charge in [-0.25, -0.2) is 0 Å². The van der Waals surface area contributed by atoms with Crippen molar-refractivity contribution in [2.24, 2.45) is 10.8 Å². The second kappa shape index (κ2) is 7.56. The molecule has 0 bridgehead atoms. The molecule has 2 fully saturated rings. The highest BCUT2D eigenvalue weighted by atomic mass is 16.5. The smallest absolute Gasteiger partial charge is 0.213 e. The van der Waals surface area contributed by atoms with Gasteiger partial charge in [0.05, 0.1) is 7.11 Å². The van der Waals surface area contributed by atoms with Crippen LogP contribution < -0.4 is 0 Å². The molecular weight excluding hydrogens is 382 g/mol. The maximum Gasteiger partial charge on any atom is 0.213 e. The van der Waals surface area contributed by atoms with Crippen LogP contribution in [0, 0.1) is 16.2 Å². The molecule has 0 unspecified atom stereocenters. The third-order valence-electron chi connectivity index (χ3n) is 6.08. The summed E-state index contributed by atoms with van der Waals surface area (Å²) in [5.41, 5.74) is 0.124. The Hall–Kier alpha value is -2.63. The van der Waals surface area contributed by atoms with Gasteiger partial charge in [-0.15, -0.1) is 0 Å². The van der Waals surface area contributed by atoms with Crippen molar-refractivity contribution in [3.8, 4) is 0 Å². The molecule has 0 amide bonds. The fourth-order valence-electron chi connectivity index (χ4n) is 4.91. The van der Waals surface area contributed by atoms with Gasteiger partial charge < -0.3 is 4.74 Å². The molecule has 6 nitrogen and oxygen atoms in total. The van der Waals surface area contributed by atoms with Crippen LogP contribution in [-0.4, -0.2) is 36.1 Å². The van der Waals surface area contributed by atoms with Crippen LogP contribution in [0.25, 0.3) is 0 Å². The minimum Gasteiger partial charge on any atom is -0.481 e. The van der Waals surface area contributed by atoms with E-state index in [2.05, 4.69) is 0 Å². The highest BCUT2D eigenvalue weighted by molar-refractivity contribution is 6.15. The van der Waals surface area contributed by atoms with Crippen molar-refractivity contribution in [1.82, 2.24) is 0 Å². The van der Waals surface area contributed by atoms with E-state index in [0.29, 0.717) is 11.1 Å². The zero-order valence-electron chi connectivity index (χ0n) is 18.3. The van der Waals surface area contributed by atoms with Crippen LogP contribution in [0.2, 0.25) is 0 Å². The topological polar surface area (TPSA) is 101 Å². The number of Topliss-reactive ketones (excluding diaryl/α,β-unsaturated/α-hetero) is 4. The number of carbonyl (C=O) groups is 4. The third kappa shape index (κ3) is 4.00. The van der Waals surface area contributed by atoms with Crippen LogP contribution >= 0.6 is 0 Å². The van der Waals surface area contributed by atoms with E-state index in [-0.39, 0.29) is 60.3 Å². The Morgan fingerprint density at radius 3 is 1.43 bits per heavy atom. The van der Waals surface area contributed by atoms with E-state index in [4.69, 9.17) is 10.1 Å². The molecule has 0 aromatic heterocycles. The molecule has 1 aromatic rings. The summed E-state index contributed by atoms with van der Waals surface area (Å²) >= 11 is 0. The summed E-state index contributed by atoms with van der Waals surface area (Å²) in [5, 5.41) is 8.35. The monoisotopic (exact) mass is 411 g/mol. The van der Waals surface area contributed by atoms with Crippen LogP contribution in [0.15, 0.2) is 18.2 Å². The molecule has 0 atom stereocenters. The molecular formula is C24H29NO5. The maximum absolute atomic E-state index is 12.9. The third-order valence-corrected chi connectivity index (χ3v) is 6.08. The number of carbonyl (C=O) groups excluding carboxylic acids is 4. The summed E-state index contributed by atoms with van der Waals surface area (Å²) in [4.78, 5) is 51.7. The van der Waals surface area contributed by atoms with Gasteiger partial charge in [0.25, 0.3) is 0 Å². The molecule has 2 saturated carbocycles. The van der Waals surface area contributed by atoms with E-state index >= 15 is 0 Å². The van der Waals surface area contributed by atoms with Crippen LogP contribution in [0.5, 0.6) is 0 Å². The van der Waals surface area contributed by atoms with E-state index in [9.17, 15) is 19.2 Å². The summed E-state index contributed by atoms with van der Waals surface area (Å²) in [5.74, 6) is -3.09. The SMILES string of the molecule is COC(=N)c1c(C2C(=O)CC(C)(C)CC2=O)cccc1C1C(=O)CC(C)(C)CC1=O. The van der Waals surface area contributed by atoms with Crippen LogP contribution in [0.1, 0.15) is 81.9 Å². The van der Waals surface area contributed by atoms with Crippen molar-refractivity contribution in [3.63, 3.8) is 0 Å². The van der Waals surface area contributed by atoms with Gasteiger partial charge >= 0.3 is 0 Å². The van der Waals surface area contributed by atoms with E-state index < -0.39 is 22.7 Å². The van der Waals surface area contributed by atoms with Gasteiger partial charge in [-0.3, -0.25) is 24.6 Å². The number of ether oxygens (including phenoxy) is 1. The van der Waals surface area contributed by atoms with Gasteiger partial charge in [0.1, 0.15) is 35.0 Å². The summed E-state index contributed by atoms with van der Waals surface area (Å²) in [6, 6.07) is 4.91. The molecule has 1 aromatic carbocycles. The standard InChI is InChI=1S/C24H29NO5/c1-23(2)9-15(26)20(16(27)10-23)13-7-6-8-14(19(13)22(25)30-5)21-17(28)11-24(3,4)12-18(21)29/h6-8,20-21,25H,9-12H2,1-5H3. The normalized spacial score (nSPS) is 22.3. The number of nitrogens with one attached hydrogen (secondary N) is 1. The first-order valence-corrected chi connectivity index (χ1v) is 10.2. The van der Waals surface area contributed by atoms with Gasteiger partial charge in [-0.2, -0.15) is 0 Å². The molecule has 0 saturated heterocycles. The molecule has 0 heterocycles. The fraction of sp³-hybridized carbons (Fsp3) is 0.542. The molecule has 0 spiro atoms. The van der Waals surface area contributed by atoms with Crippen molar-refractivity contribution in [2.45, 2.75) is 65.2 Å². The Balaban J connectivity index is 2.15. The van der Waals surface area contributed by atoms with Crippen molar-refractivity contribution >= 4 is 29.0 Å². The average molecular weight is 411 g/mol. The second-order valence-corrected chi connectivity index (χ2v) is 10.1. The highest BCUT2D eigenvalue weighted by Crippen LogP contribution is 2.43. The van der Waals surface area contributed by atoms with Gasteiger partial charge in [0, 0.05) is 31.2 Å². The van der Waals surface area contributed by atoms with E-state index in [0.717, 1.165) is 0 Å². The lowest BCUT2D eigenvalue weighted by Crippen LogP contribution is -2.38. The molecule has 2 aliphatic rings. The first-order valence-electron chi connectivity index (χ1n) is 10.2. The summed E-state index contributed by atoms with van der Waals surface area (Å²) in [7, 11) is 1.32. The summed E-state index contributed by atoms with van der Waals surface area (Å²) in [6.45, 7) is 7.53. The molecule has 1 N–H and O–H groups in total. The molecule has 6 heteroatoms. The largest absolute Gasteiger partial charge is 0.481 e. The minimum atomic E-state index is -1.01. The number of methoxy groups -OCH3 is 1. The van der Waals surface area contributed by atoms with Gasteiger partial charge in [-0.05, 0) is 22.0 Å². The first kappa shape index (κ1) is 22.1. The number of hydrogen-bond donors (Lipinski definition) is 1. The van der Waals surface area contributed by atoms with Gasteiger partial charge in [-0.1, -0.05) is 45.9 Å².